The molecular formula is C21H32N4O3. The monoisotopic (exact) mass is 388 g/mol. The van der Waals surface area contributed by atoms with E-state index >= 15 is 0 Å². The highest BCUT2D eigenvalue weighted by atomic mass is 16.6. The van der Waals surface area contributed by atoms with Crippen molar-refractivity contribution in [2.75, 3.05) is 24.6 Å². The van der Waals surface area contributed by atoms with E-state index in [2.05, 4.69) is 23.8 Å². The fourth-order valence-corrected chi connectivity index (χ4v) is 3.93. The Morgan fingerprint density at radius 2 is 1.93 bits per heavy atom. The Hall–Kier alpha value is -2.18. The summed E-state index contributed by atoms with van der Waals surface area (Å²) in [6, 6.07) is 1.91. The number of anilines is 1. The first kappa shape index (κ1) is 20.6. The molecule has 7 nitrogen and oxygen atoms in total. The Balaban J connectivity index is 1.63. The lowest BCUT2D eigenvalue weighted by molar-refractivity contribution is -0.140. The van der Waals surface area contributed by atoms with Gasteiger partial charge in [-0.1, -0.05) is 34.6 Å². The van der Waals surface area contributed by atoms with E-state index in [1.165, 1.54) is 6.33 Å². The Kier molecular flexibility index (Phi) is 5.91. The van der Waals surface area contributed by atoms with Crippen molar-refractivity contribution in [2.24, 2.45) is 17.3 Å². The van der Waals surface area contributed by atoms with E-state index in [0.29, 0.717) is 18.3 Å². The fourth-order valence-electron chi connectivity index (χ4n) is 3.93. The maximum atomic E-state index is 12.4. The third kappa shape index (κ3) is 4.45. The quantitative estimate of drug-likeness (QED) is 0.791. The third-order valence-corrected chi connectivity index (χ3v) is 5.67. The number of nitrogens with zero attached hydrogens (tertiary/aromatic N) is 4. The first-order valence-electron chi connectivity index (χ1n) is 10.2. The molecule has 3 rings (SSSR count). The van der Waals surface area contributed by atoms with Gasteiger partial charge in [-0.25, -0.2) is 14.8 Å². The summed E-state index contributed by atoms with van der Waals surface area (Å²) in [5.74, 6) is 1.61. The van der Waals surface area contributed by atoms with Crippen molar-refractivity contribution in [3.05, 3.63) is 18.1 Å². The number of hydrogen-bond donors (Lipinski definition) is 0. The molecule has 2 aliphatic rings. The van der Waals surface area contributed by atoms with E-state index in [4.69, 9.17) is 4.74 Å². The van der Waals surface area contributed by atoms with Crippen LogP contribution in [-0.4, -0.2) is 52.6 Å². The van der Waals surface area contributed by atoms with Gasteiger partial charge in [-0.3, -0.25) is 9.69 Å². The largest absolute Gasteiger partial charge is 0.447 e. The molecule has 0 saturated carbocycles. The summed E-state index contributed by atoms with van der Waals surface area (Å²) in [5, 5.41) is 0. The van der Waals surface area contributed by atoms with Gasteiger partial charge in [0.15, 0.2) is 0 Å². The van der Waals surface area contributed by atoms with Crippen molar-refractivity contribution in [2.45, 2.75) is 59.9 Å². The summed E-state index contributed by atoms with van der Waals surface area (Å²) in [5.41, 5.74) is 0.610. The van der Waals surface area contributed by atoms with Crippen LogP contribution in [-0.2, 0) is 16.0 Å². The summed E-state index contributed by atoms with van der Waals surface area (Å²) in [6.07, 6.45) is 3.98. The van der Waals surface area contributed by atoms with Crippen LogP contribution < -0.4 is 4.90 Å². The van der Waals surface area contributed by atoms with Crippen LogP contribution in [0.2, 0.25) is 0 Å². The van der Waals surface area contributed by atoms with Crippen LogP contribution in [0.15, 0.2) is 12.4 Å². The zero-order valence-corrected chi connectivity index (χ0v) is 17.6. The second-order valence-electron chi connectivity index (χ2n) is 9.32. The standard InChI is InChI=1S/C21H32N4O3/c1-14(2)17-12-28-20(27)25(17)18-11-16(22-13-23-18)10-15-6-8-24(9-7-15)19(26)21(3,4)5/h11,13-15,17H,6-10,12H2,1-5H3/t17-/m1/s1. The average Bonchev–Trinajstić information content (AvgIpc) is 3.03. The van der Waals surface area contributed by atoms with Gasteiger partial charge < -0.3 is 9.64 Å². The van der Waals surface area contributed by atoms with Gasteiger partial charge in [-0.05, 0) is 31.1 Å². The smallest absolute Gasteiger partial charge is 0.415 e. The summed E-state index contributed by atoms with van der Waals surface area (Å²) in [6.45, 7) is 12.1. The zero-order chi connectivity index (χ0) is 20.5. The highest BCUT2D eigenvalue weighted by Gasteiger charge is 2.37. The number of carbonyl (C=O) groups excluding carboxylic acids is 2. The zero-order valence-electron chi connectivity index (χ0n) is 17.6. The van der Waals surface area contributed by atoms with Crippen molar-refractivity contribution in [1.82, 2.24) is 14.9 Å². The minimum absolute atomic E-state index is 0.00176. The van der Waals surface area contributed by atoms with Crippen molar-refractivity contribution < 1.29 is 14.3 Å². The van der Waals surface area contributed by atoms with Gasteiger partial charge in [0.2, 0.25) is 5.91 Å². The molecular weight excluding hydrogens is 356 g/mol. The number of hydrogen-bond acceptors (Lipinski definition) is 5. The van der Waals surface area contributed by atoms with Gasteiger partial charge in [0.25, 0.3) is 0 Å². The van der Waals surface area contributed by atoms with E-state index in [9.17, 15) is 9.59 Å². The summed E-state index contributed by atoms with van der Waals surface area (Å²) < 4.78 is 5.23. The highest BCUT2D eigenvalue weighted by Crippen LogP contribution is 2.28. The number of amides is 2. The molecule has 0 aromatic carbocycles. The molecule has 1 aromatic heterocycles. The molecule has 0 aliphatic carbocycles. The summed E-state index contributed by atoms with van der Waals surface area (Å²) in [4.78, 5) is 37.0. The first-order valence-corrected chi connectivity index (χ1v) is 10.2. The molecule has 3 heterocycles. The van der Waals surface area contributed by atoms with Crippen molar-refractivity contribution in [1.29, 1.82) is 0 Å². The Bertz CT molecular complexity index is 721. The lowest BCUT2D eigenvalue weighted by Gasteiger charge is -2.35. The van der Waals surface area contributed by atoms with E-state index in [1.54, 1.807) is 4.90 Å². The minimum Gasteiger partial charge on any atom is -0.447 e. The normalized spacial score (nSPS) is 21.4. The van der Waals surface area contributed by atoms with Gasteiger partial charge >= 0.3 is 6.09 Å². The van der Waals surface area contributed by atoms with E-state index in [0.717, 1.165) is 38.0 Å². The van der Waals surface area contributed by atoms with Gasteiger partial charge in [0.1, 0.15) is 18.8 Å². The molecule has 0 unspecified atom stereocenters. The molecule has 0 bridgehead atoms. The number of piperidine rings is 1. The maximum Gasteiger partial charge on any atom is 0.415 e. The summed E-state index contributed by atoms with van der Waals surface area (Å²) in [7, 11) is 0. The van der Waals surface area contributed by atoms with Crippen LogP contribution in [0.5, 0.6) is 0 Å². The van der Waals surface area contributed by atoms with Crippen LogP contribution in [0.4, 0.5) is 10.6 Å². The van der Waals surface area contributed by atoms with Crippen LogP contribution >= 0.6 is 0 Å². The second-order valence-corrected chi connectivity index (χ2v) is 9.32. The topological polar surface area (TPSA) is 75.6 Å². The van der Waals surface area contributed by atoms with Crippen LogP contribution in [0.25, 0.3) is 0 Å². The number of rotatable bonds is 4. The fraction of sp³-hybridized carbons (Fsp3) is 0.714. The SMILES string of the molecule is CC(C)[C@H]1COC(=O)N1c1cc(CC2CCN(C(=O)C(C)(C)C)CC2)ncn1. The molecule has 154 valence electrons. The lowest BCUT2D eigenvalue weighted by Crippen LogP contribution is -2.44. The van der Waals surface area contributed by atoms with Crippen molar-refractivity contribution >= 4 is 17.8 Å². The van der Waals surface area contributed by atoms with Crippen LogP contribution in [0.3, 0.4) is 0 Å². The van der Waals surface area contributed by atoms with Crippen LogP contribution in [0, 0.1) is 17.3 Å². The van der Waals surface area contributed by atoms with Crippen molar-refractivity contribution in [3.63, 3.8) is 0 Å². The van der Waals surface area contributed by atoms with Gasteiger partial charge in [-0.2, -0.15) is 0 Å². The average molecular weight is 389 g/mol. The molecule has 2 aliphatic heterocycles. The summed E-state index contributed by atoms with van der Waals surface area (Å²) >= 11 is 0. The van der Waals surface area contributed by atoms with E-state index in [1.807, 2.05) is 31.7 Å². The molecule has 0 N–H and O–H groups in total. The molecule has 2 saturated heterocycles. The Labute approximate surface area is 167 Å². The Morgan fingerprint density at radius 3 is 2.54 bits per heavy atom. The number of cyclic esters (lactones) is 1. The van der Waals surface area contributed by atoms with Crippen molar-refractivity contribution in [3.8, 4) is 0 Å². The minimum atomic E-state index is -0.336. The van der Waals surface area contributed by atoms with Gasteiger partial charge in [0, 0.05) is 30.3 Å². The molecule has 1 aromatic rings. The molecule has 0 spiro atoms. The number of likely N-dealkylation sites (tertiary alicyclic amines) is 1. The predicted molar refractivity (Wildman–Crippen MR) is 107 cm³/mol. The molecule has 1 atom stereocenters. The molecule has 28 heavy (non-hydrogen) atoms. The second kappa shape index (κ2) is 8.05. The van der Waals surface area contributed by atoms with E-state index < -0.39 is 0 Å². The molecule has 2 fully saturated rings. The lowest BCUT2D eigenvalue weighted by atomic mass is 9.89. The molecule has 7 heteroatoms. The molecule has 2 amide bonds. The number of aromatic nitrogens is 2. The number of ether oxygens (including phenoxy) is 1. The van der Waals surface area contributed by atoms with Crippen LogP contribution in [0.1, 0.15) is 53.2 Å². The van der Waals surface area contributed by atoms with Gasteiger partial charge in [-0.15, -0.1) is 0 Å². The third-order valence-electron chi connectivity index (χ3n) is 5.67. The maximum absolute atomic E-state index is 12.4. The van der Waals surface area contributed by atoms with E-state index in [-0.39, 0.29) is 29.4 Å². The van der Waals surface area contributed by atoms with Gasteiger partial charge in [0.05, 0.1) is 6.04 Å². The molecule has 0 radical (unpaired) electrons. The first-order chi connectivity index (χ1) is 13.2. The number of carbonyl (C=O) groups is 2. The predicted octanol–water partition coefficient (Wildman–Crippen LogP) is 3.29. The highest BCUT2D eigenvalue weighted by molar-refractivity contribution is 5.89. The Morgan fingerprint density at radius 1 is 1.25 bits per heavy atom.